The minimum atomic E-state index is 0.0128. The molecule has 2 aromatic heterocycles. The smallest absolute Gasteiger partial charge is 0.0733 e. The Morgan fingerprint density at radius 3 is 0.953 bits per heavy atom. The second-order valence-electron chi connectivity index (χ2n) is 23.5. The Balaban J connectivity index is 1.03. The lowest BCUT2D eigenvalue weighted by atomic mass is 9.81. The van der Waals surface area contributed by atoms with Gasteiger partial charge < -0.3 is 9.97 Å². The van der Waals surface area contributed by atoms with Crippen LogP contribution in [0.2, 0.25) is 0 Å². The maximum atomic E-state index is 5.30. The van der Waals surface area contributed by atoms with E-state index in [1.807, 2.05) is 0 Å². The van der Waals surface area contributed by atoms with Gasteiger partial charge in [0.15, 0.2) is 0 Å². The summed E-state index contributed by atoms with van der Waals surface area (Å²) in [6, 6.07) is 24.2. The van der Waals surface area contributed by atoms with Gasteiger partial charge in [-0.25, -0.2) is 0 Å². The highest BCUT2D eigenvalue weighted by molar-refractivity contribution is 6.22. The summed E-state index contributed by atoms with van der Waals surface area (Å²) >= 11 is 0. The molecule has 0 fully saturated rings. The SMILES string of the molecule is CC1=N/C(=C\c2[nH]c(C)c3c2-c2cc(C(C)(C)C)cc4cc(C(C)(C)C)cc-3c24)c2cc3c(cc21)/C(=C/c1[nH]c(C)c2c1-c1cc(C(C)(C)C)cc4cc(C(C)(C)C)cc-2c14)N=C3C. The number of benzene rings is 5. The quantitative estimate of drug-likeness (QED) is 0.174. The summed E-state index contributed by atoms with van der Waals surface area (Å²) in [5.74, 6) is 0. The van der Waals surface area contributed by atoms with Gasteiger partial charge in [0.1, 0.15) is 0 Å². The van der Waals surface area contributed by atoms with Crippen molar-refractivity contribution in [2.24, 2.45) is 9.98 Å². The van der Waals surface area contributed by atoms with Crippen molar-refractivity contribution in [3.05, 3.63) is 128 Å². The predicted molar refractivity (Wildman–Crippen MR) is 276 cm³/mol. The molecule has 5 aromatic carbocycles. The molecule has 2 aliphatic carbocycles. The first-order valence-electron chi connectivity index (χ1n) is 23.3. The Morgan fingerprint density at radius 2 is 0.656 bits per heavy atom. The predicted octanol–water partition coefficient (Wildman–Crippen LogP) is 16.4. The molecular formula is C60H62N4. The van der Waals surface area contributed by atoms with E-state index in [1.54, 1.807) is 0 Å². The molecule has 0 saturated carbocycles. The van der Waals surface area contributed by atoms with Crippen molar-refractivity contribution in [2.45, 2.75) is 132 Å². The molecule has 64 heavy (non-hydrogen) atoms. The number of rotatable bonds is 2. The molecule has 0 bridgehead atoms. The Labute approximate surface area is 379 Å². The molecule has 0 amide bonds. The van der Waals surface area contributed by atoms with Crippen LogP contribution in [0.5, 0.6) is 0 Å². The number of aromatic nitrogens is 2. The van der Waals surface area contributed by atoms with Crippen LogP contribution in [0, 0.1) is 13.8 Å². The van der Waals surface area contributed by atoms with E-state index in [0.717, 1.165) is 45.3 Å². The fourth-order valence-corrected chi connectivity index (χ4v) is 11.0. The van der Waals surface area contributed by atoms with Gasteiger partial charge in [-0.15, -0.1) is 0 Å². The maximum Gasteiger partial charge on any atom is 0.0733 e. The zero-order chi connectivity index (χ0) is 45.5. The van der Waals surface area contributed by atoms with Gasteiger partial charge in [0, 0.05) is 78.7 Å². The summed E-state index contributed by atoms with van der Waals surface area (Å²) < 4.78 is 0. The largest absolute Gasteiger partial charge is 0.358 e. The normalized spacial score (nSPS) is 16.4. The number of hydrogen-bond acceptors (Lipinski definition) is 2. The van der Waals surface area contributed by atoms with Gasteiger partial charge in [-0.3, -0.25) is 9.98 Å². The lowest BCUT2D eigenvalue weighted by Crippen LogP contribution is -2.12. The molecule has 2 aliphatic heterocycles. The Kier molecular flexibility index (Phi) is 8.17. The highest BCUT2D eigenvalue weighted by Gasteiger charge is 2.35. The van der Waals surface area contributed by atoms with Crippen molar-refractivity contribution in [3.63, 3.8) is 0 Å². The molecule has 322 valence electrons. The van der Waals surface area contributed by atoms with Crippen molar-refractivity contribution >= 4 is 56.5 Å². The molecule has 0 atom stereocenters. The van der Waals surface area contributed by atoms with E-state index in [9.17, 15) is 0 Å². The molecule has 0 saturated heterocycles. The van der Waals surface area contributed by atoms with Crippen LogP contribution in [0.25, 0.3) is 89.6 Å². The summed E-state index contributed by atoms with van der Waals surface area (Å²) in [7, 11) is 0. The summed E-state index contributed by atoms with van der Waals surface area (Å²) in [4.78, 5) is 18.3. The molecule has 0 unspecified atom stereocenters. The lowest BCUT2D eigenvalue weighted by molar-refractivity contribution is 0.589. The standard InChI is InChI=1S/C60H62N4/c1-29-39-25-42-40(30(2)62-48(42)28-50-56-46-24-38(60(14,15)16)20-34-18-36(58(8,9)10)22-44(54(34)46)52(56)32(4)64-50)26-41(39)47(61-29)27-49-55-45-23-37(59(11,12)13)19-33-17-35(57(5,6)7)21-43(53(33)45)51(55)31(3)63-49/h17-28,63-64H,1-16H3/b47-27-,48-28-. The number of aryl methyl sites for hydroxylation is 2. The molecule has 11 rings (SSSR count). The average molecular weight is 839 g/mol. The Morgan fingerprint density at radius 1 is 0.359 bits per heavy atom. The molecule has 2 N–H and O–H groups in total. The van der Waals surface area contributed by atoms with Gasteiger partial charge in [0.25, 0.3) is 0 Å². The van der Waals surface area contributed by atoms with Crippen LogP contribution < -0.4 is 0 Å². The molecule has 4 heterocycles. The topological polar surface area (TPSA) is 56.3 Å². The summed E-state index contributed by atoms with van der Waals surface area (Å²) in [6.45, 7) is 36.6. The fraction of sp³-hybridized carbons (Fsp3) is 0.333. The van der Waals surface area contributed by atoms with E-state index in [2.05, 4.69) is 194 Å². The lowest BCUT2D eigenvalue weighted by Gasteiger charge is -2.23. The minimum Gasteiger partial charge on any atom is -0.358 e. The molecule has 4 aliphatic rings. The van der Waals surface area contributed by atoms with Crippen molar-refractivity contribution in [3.8, 4) is 44.5 Å². The van der Waals surface area contributed by atoms with Crippen molar-refractivity contribution in [2.75, 3.05) is 0 Å². The van der Waals surface area contributed by atoms with E-state index < -0.39 is 0 Å². The van der Waals surface area contributed by atoms with Gasteiger partial charge >= 0.3 is 0 Å². The van der Waals surface area contributed by atoms with Crippen LogP contribution >= 0.6 is 0 Å². The first kappa shape index (κ1) is 40.8. The summed E-state index contributed by atoms with van der Waals surface area (Å²) in [5, 5.41) is 5.40. The first-order chi connectivity index (χ1) is 29.9. The number of aliphatic imine (C=N–C) groups is 2. The summed E-state index contributed by atoms with van der Waals surface area (Å²) in [5.41, 5.74) is 29.5. The van der Waals surface area contributed by atoms with Crippen LogP contribution in [0.15, 0.2) is 70.6 Å². The third-order valence-electron chi connectivity index (χ3n) is 14.7. The number of aromatic amines is 2. The van der Waals surface area contributed by atoms with E-state index >= 15 is 0 Å². The van der Waals surface area contributed by atoms with Gasteiger partial charge in [0.05, 0.1) is 11.4 Å². The average Bonchev–Trinajstić information content (AvgIpc) is 4.01. The van der Waals surface area contributed by atoms with Crippen LogP contribution in [0.4, 0.5) is 0 Å². The zero-order valence-corrected chi connectivity index (χ0v) is 40.8. The second kappa shape index (κ2) is 12.8. The highest BCUT2D eigenvalue weighted by Crippen LogP contribution is 2.56. The molecular weight excluding hydrogens is 777 g/mol. The fourth-order valence-electron chi connectivity index (χ4n) is 11.0. The van der Waals surface area contributed by atoms with Crippen molar-refractivity contribution in [1.82, 2.24) is 9.97 Å². The number of hydrogen-bond donors (Lipinski definition) is 2. The number of nitrogens with zero attached hydrogens (tertiary/aromatic N) is 2. The first-order valence-corrected chi connectivity index (χ1v) is 23.3. The molecule has 7 aromatic rings. The monoisotopic (exact) mass is 838 g/mol. The van der Waals surface area contributed by atoms with Crippen molar-refractivity contribution in [1.29, 1.82) is 0 Å². The number of H-pyrrole nitrogens is 2. The summed E-state index contributed by atoms with van der Waals surface area (Å²) in [6.07, 6.45) is 4.61. The molecule has 0 radical (unpaired) electrons. The zero-order valence-electron chi connectivity index (χ0n) is 40.8. The van der Waals surface area contributed by atoms with Crippen LogP contribution in [0.1, 0.15) is 164 Å². The molecule has 0 spiro atoms. The maximum absolute atomic E-state index is 5.30. The van der Waals surface area contributed by atoms with Gasteiger partial charge in [-0.2, -0.15) is 0 Å². The number of nitrogens with one attached hydrogen (secondary N) is 2. The highest BCUT2D eigenvalue weighted by atomic mass is 14.8. The minimum absolute atomic E-state index is 0.0128. The Bertz CT molecular complexity index is 3180. The van der Waals surface area contributed by atoms with Gasteiger partial charge in [-0.05, 0) is 164 Å². The van der Waals surface area contributed by atoms with E-state index in [4.69, 9.17) is 9.98 Å². The van der Waals surface area contributed by atoms with E-state index in [1.165, 1.54) is 111 Å². The Hall–Kier alpha value is -6.00. The van der Waals surface area contributed by atoms with Crippen LogP contribution in [0.3, 0.4) is 0 Å². The van der Waals surface area contributed by atoms with Crippen LogP contribution in [-0.2, 0) is 21.7 Å². The van der Waals surface area contributed by atoms with Crippen LogP contribution in [-0.4, -0.2) is 21.4 Å². The second-order valence-corrected chi connectivity index (χ2v) is 23.5. The molecule has 4 heteroatoms. The third-order valence-corrected chi connectivity index (χ3v) is 14.7. The van der Waals surface area contributed by atoms with Gasteiger partial charge in [-0.1, -0.05) is 107 Å². The number of fused-ring (bicyclic) bond motifs is 8. The van der Waals surface area contributed by atoms with E-state index in [-0.39, 0.29) is 21.7 Å². The van der Waals surface area contributed by atoms with E-state index in [0.29, 0.717) is 0 Å². The third kappa shape index (κ3) is 5.86. The molecule has 4 nitrogen and oxygen atoms in total. The van der Waals surface area contributed by atoms with Gasteiger partial charge in [0.2, 0.25) is 0 Å². The van der Waals surface area contributed by atoms with Crippen molar-refractivity contribution < 1.29 is 0 Å².